The van der Waals surface area contributed by atoms with Crippen molar-refractivity contribution in [2.24, 2.45) is 0 Å². The molecule has 0 radical (unpaired) electrons. The van der Waals surface area contributed by atoms with Crippen LogP contribution in [0.15, 0.2) is 60.7 Å². The fraction of sp³-hybridized carbons (Fsp3) is 0.231. The molecule has 0 saturated heterocycles. The molecule has 7 heteroatoms. The van der Waals surface area contributed by atoms with Crippen LogP contribution in [-0.2, 0) is 11.3 Å². The van der Waals surface area contributed by atoms with E-state index in [1.807, 2.05) is 24.3 Å². The number of aryl methyl sites for hydroxylation is 1. The Labute approximate surface area is 191 Å². The van der Waals surface area contributed by atoms with E-state index in [2.05, 4.69) is 5.32 Å². The quantitative estimate of drug-likeness (QED) is 0.560. The summed E-state index contributed by atoms with van der Waals surface area (Å²) in [5.74, 6) is 0.191. The van der Waals surface area contributed by atoms with Crippen molar-refractivity contribution < 1.29 is 23.5 Å². The predicted molar refractivity (Wildman–Crippen MR) is 123 cm³/mol. The predicted octanol–water partition coefficient (Wildman–Crippen LogP) is 4.88. The molecule has 1 aliphatic heterocycles. The summed E-state index contributed by atoms with van der Waals surface area (Å²) in [7, 11) is 3.08. The first-order valence-electron chi connectivity index (χ1n) is 10.6. The average molecular weight is 448 g/mol. The highest BCUT2D eigenvalue weighted by molar-refractivity contribution is 5.99. The maximum absolute atomic E-state index is 13.9. The molecule has 3 aromatic rings. The molecule has 1 atom stereocenters. The van der Waals surface area contributed by atoms with E-state index in [9.17, 15) is 14.0 Å². The van der Waals surface area contributed by atoms with E-state index in [1.165, 1.54) is 13.2 Å². The standard InChI is InChI=1S/C26H25FN2O4/c1-16-8-10-19(13-21(16)27)28-25(30)14-22(17-9-11-23(32-2)24(12-17)33-3)29-15-18-6-4-5-7-20(18)26(29)31/h4-13,22H,14-15H2,1-3H3,(H,28,30). The van der Waals surface area contributed by atoms with Crippen molar-refractivity contribution in [2.75, 3.05) is 19.5 Å². The molecular weight excluding hydrogens is 423 g/mol. The van der Waals surface area contributed by atoms with Crippen LogP contribution in [0, 0.1) is 12.7 Å². The van der Waals surface area contributed by atoms with Gasteiger partial charge < -0.3 is 19.7 Å². The summed E-state index contributed by atoms with van der Waals surface area (Å²) in [5.41, 5.74) is 3.14. The Bertz CT molecular complexity index is 1210. The number of methoxy groups -OCH3 is 2. The number of ether oxygens (including phenoxy) is 2. The second kappa shape index (κ2) is 9.32. The zero-order valence-electron chi connectivity index (χ0n) is 18.7. The summed E-state index contributed by atoms with van der Waals surface area (Å²) in [5, 5.41) is 2.75. The second-order valence-corrected chi connectivity index (χ2v) is 7.94. The van der Waals surface area contributed by atoms with Gasteiger partial charge >= 0.3 is 0 Å². The molecule has 33 heavy (non-hydrogen) atoms. The number of benzene rings is 3. The Balaban J connectivity index is 1.65. The SMILES string of the molecule is COc1ccc(C(CC(=O)Nc2ccc(C)c(F)c2)N2Cc3ccccc3C2=O)cc1OC. The molecule has 1 heterocycles. The van der Waals surface area contributed by atoms with Gasteiger partial charge in [0.2, 0.25) is 5.91 Å². The van der Waals surface area contributed by atoms with E-state index in [4.69, 9.17) is 9.47 Å². The van der Waals surface area contributed by atoms with Gasteiger partial charge in [0.25, 0.3) is 5.91 Å². The number of carbonyl (C=O) groups excluding carboxylic acids is 2. The molecule has 3 aromatic carbocycles. The van der Waals surface area contributed by atoms with Gasteiger partial charge in [0, 0.05) is 17.8 Å². The van der Waals surface area contributed by atoms with Gasteiger partial charge in [0.05, 0.1) is 26.7 Å². The van der Waals surface area contributed by atoms with Crippen LogP contribution in [-0.4, -0.2) is 30.9 Å². The van der Waals surface area contributed by atoms with Gasteiger partial charge in [-0.15, -0.1) is 0 Å². The first-order chi connectivity index (χ1) is 15.9. The lowest BCUT2D eigenvalue weighted by atomic mass is 10.0. The summed E-state index contributed by atoms with van der Waals surface area (Å²) in [6.45, 7) is 2.05. The van der Waals surface area contributed by atoms with Crippen molar-refractivity contribution in [2.45, 2.75) is 25.9 Å². The van der Waals surface area contributed by atoms with E-state index >= 15 is 0 Å². The molecule has 0 aliphatic carbocycles. The molecule has 4 rings (SSSR count). The Morgan fingerprint density at radius 2 is 1.82 bits per heavy atom. The largest absolute Gasteiger partial charge is 0.493 e. The number of rotatable bonds is 7. The van der Waals surface area contributed by atoms with E-state index in [0.717, 1.165) is 11.1 Å². The number of carbonyl (C=O) groups is 2. The molecular formula is C26H25FN2O4. The number of hydrogen-bond donors (Lipinski definition) is 1. The number of fused-ring (bicyclic) bond motifs is 1. The lowest BCUT2D eigenvalue weighted by molar-refractivity contribution is -0.117. The third-order valence-electron chi connectivity index (χ3n) is 5.85. The molecule has 0 bridgehead atoms. The summed E-state index contributed by atoms with van der Waals surface area (Å²) in [6.07, 6.45) is -0.00922. The zero-order valence-corrected chi connectivity index (χ0v) is 18.7. The number of anilines is 1. The average Bonchev–Trinajstić information content (AvgIpc) is 3.15. The number of halogens is 1. The Morgan fingerprint density at radius 3 is 2.52 bits per heavy atom. The topological polar surface area (TPSA) is 67.9 Å². The van der Waals surface area contributed by atoms with Crippen LogP contribution in [0.2, 0.25) is 0 Å². The van der Waals surface area contributed by atoms with Crippen molar-refractivity contribution >= 4 is 17.5 Å². The lowest BCUT2D eigenvalue weighted by Gasteiger charge is -2.28. The second-order valence-electron chi connectivity index (χ2n) is 7.94. The van der Waals surface area contributed by atoms with Crippen LogP contribution >= 0.6 is 0 Å². The lowest BCUT2D eigenvalue weighted by Crippen LogP contribution is -2.32. The number of hydrogen-bond acceptors (Lipinski definition) is 4. The molecule has 1 unspecified atom stereocenters. The van der Waals surface area contributed by atoms with E-state index in [1.54, 1.807) is 49.3 Å². The van der Waals surface area contributed by atoms with Gasteiger partial charge in [-0.3, -0.25) is 9.59 Å². The normalized spacial score (nSPS) is 13.5. The summed E-state index contributed by atoms with van der Waals surface area (Å²) in [4.78, 5) is 27.9. The van der Waals surface area contributed by atoms with E-state index < -0.39 is 11.9 Å². The Kier molecular flexibility index (Phi) is 6.31. The Morgan fingerprint density at radius 1 is 1.06 bits per heavy atom. The van der Waals surface area contributed by atoms with Crippen molar-refractivity contribution in [1.82, 2.24) is 4.90 Å². The molecule has 0 saturated carbocycles. The van der Waals surface area contributed by atoms with Gasteiger partial charge in [-0.1, -0.05) is 30.3 Å². The third-order valence-corrected chi connectivity index (χ3v) is 5.85. The molecule has 6 nitrogen and oxygen atoms in total. The highest BCUT2D eigenvalue weighted by atomic mass is 19.1. The van der Waals surface area contributed by atoms with Gasteiger partial charge in [-0.2, -0.15) is 0 Å². The Hall–Kier alpha value is -3.87. The molecule has 0 fully saturated rings. The van der Waals surface area contributed by atoms with Gasteiger partial charge in [0.15, 0.2) is 11.5 Å². The molecule has 0 spiro atoms. The van der Waals surface area contributed by atoms with Crippen LogP contribution < -0.4 is 14.8 Å². The maximum Gasteiger partial charge on any atom is 0.255 e. The minimum absolute atomic E-state index is 0.00922. The third kappa shape index (κ3) is 4.53. The number of nitrogens with zero attached hydrogens (tertiary/aromatic N) is 1. The van der Waals surface area contributed by atoms with Crippen LogP contribution in [0.5, 0.6) is 11.5 Å². The molecule has 1 aliphatic rings. The van der Waals surface area contributed by atoms with Gasteiger partial charge in [0.1, 0.15) is 5.82 Å². The summed E-state index contributed by atoms with van der Waals surface area (Å²) in [6, 6.07) is 16.8. The van der Waals surface area contributed by atoms with Crippen molar-refractivity contribution in [3.63, 3.8) is 0 Å². The fourth-order valence-electron chi connectivity index (χ4n) is 4.05. The van der Waals surface area contributed by atoms with Crippen LogP contribution in [0.1, 0.15) is 39.5 Å². The molecule has 170 valence electrons. The first-order valence-corrected chi connectivity index (χ1v) is 10.6. The van der Waals surface area contributed by atoms with Crippen molar-refractivity contribution in [1.29, 1.82) is 0 Å². The van der Waals surface area contributed by atoms with Crippen LogP contribution in [0.25, 0.3) is 0 Å². The smallest absolute Gasteiger partial charge is 0.255 e. The highest BCUT2D eigenvalue weighted by Gasteiger charge is 2.34. The van der Waals surface area contributed by atoms with Crippen LogP contribution in [0.3, 0.4) is 0 Å². The monoisotopic (exact) mass is 448 g/mol. The number of nitrogens with one attached hydrogen (secondary N) is 1. The zero-order chi connectivity index (χ0) is 23.5. The van der Waals surface area contributed by atoms with Gasteiger partial charge in [-0.05, 0) is 53.9 Å². The molecule has 0 aromatic heterocycles. The van der Waals surface area contributed by atoms with Gasteiger partial charge in [-0.25, -0.2) is 4.39 Å². The molecule has 1 N–H and O–H groups in total. The highest BCUT2D eigenvalue weighted by Crippen LogP contribution is 2.37. The summed E-state index contributed by atoms with van der Waals surface area (Å²) >= 11 is 0. The van der Waals surface area contributed by atoms with Crippen LogP contribution in [0.4, 0.5) is 10.1 Å². The van der Waals surface area contributed by atoms with Crippen molar-refractivity contribution in [3.8, 4) is 11.5 Å². The maximum atomic E-state index is 13.9. The minimum atomic E-state index is -0.556. The first kappa shape index (κ1) is 22.3. The van der Waals surface area contributed by atoms with Crippen molar-refractivity contribution in [3.05, 3.63) is 88.7 Å². The summed E-state index contributed by atoms with van der Waals surface area (Å²) < 4.78 is 24.7. The fourth-order valence-corrected chi connectivity index (χ4v) is 4.05. The van der Waals surface area contributed by atoms with E-state index in [-0.39, 0.29) is 18.2 Å². The minimum Gasteiger partial charge on any atom is -0.493 e. The van der Waals surface area contributed by atoms with E-state index in [0.29, 0.717) is 34.9 Å². The number of amides is 2. The molecule has 2 amide bonds.